The largest absolute Gasteiger partial charge is 0.371 e. The van der Waals surface area contributed by atoms with Crippen molar-refractivity contribution >= 4 is 17.1 Å². The topological polar surface area (TPSA) is 39.2 Å². The molecule has 2 aliphatic carbocycles. The van der Waals surface area contributed by atoms with Crippen LogP contribution in [0.3, 0.4) is 0 Å². The van der Waals surface area contributed by atoms with Crippen molar-refractivity contribution < 1.29 is 9.53 Å². The highest BCUT2D eigenvalue weighted by Gasteiger charge is 2.40. The van der Waals surface area contributed by atoms with Gasteiger partial charge in [0, 0.05) is 13.5 Å². The van der Waals surface area contributed by atoms with E-state index in [1.807, 2.05) is 0 Å². The van der Waals surface area contributed by atoms with Crippen LogP contribution in [0.2, 0.25) is 0 Å². The number of ketones is 1. The third kappa shape index (κ3) is 2.25. The van der Waals surface area contributed by atoms with Gasteiger partial charge in [-0.3, -0.25) is 4.79 Å². The van der Waals surface area contributed by atoms with E-state index in [1.54, 1.807) is 18.4 Å². The second kappa shape index (κ2) is 4.98. The Morgan fingerprint density at radius 1 is 1.37 bits per heavy atom. The van der Waals surface area contributed by atoms with E-state index in [0.717, 1.165) is 41.3 Å². The Hall–Kier alpha value is -0.740. The van der Waals surface area contributed by atoms with E-state index in [9.17, 15) is 4.79 Å². The molecule has 3 rings (SSSR count). The first-order chi connectivity index (χ1) is 9.14. The molecule has 0 bridgehead atoms. The minimum absolute atomic E-state index is 0.236. The van der Waals surface area contributed by atoms with Gasteiger partial charge in [0.15, 0.2) is 5.78 Å². The molecule has 2 aliphatic rings. The van der Waals surface area contributed by atoms with Crippen LogP contribution in [0.4, 0.5) is 0 Å². The van der Waals surface area contributed by atoms with Crippen LogP contribution in [0, 0.1) is 5.92 Å². The summed E-state index contributed by atoms with van der Waals surface area (Å²) in [5.74, 6) is 0.949. The molecule has 4 heteroatoms. The molecule has 0 N–H and O–H groups in total. The second-order valence-corrected chi connectivity index (χ2v) is 6.97. The molecule has 0 radical (unpaired) electrons. The number of rotatable bonds is 2. The molecular formula is C15H21NO2S. The fraction of sp³-hybridized carbons (Fsp3) is 0.733. The maximum atomic E-state index is 12.0. The number of methoxy groups -OCH3 is 1. The van der Waals surface area contributed by atoms with Crippen molar-refractivity contribution in [3.05, 3.63) is 15.6 Å². The van der Waals surface area contributed by atoms with Gasteiger partial charge < -0.3 is 4.74 Å². The van der Waals surface area contributed by atoms with Gasteiger partial charge in [0.25, 0.3) is 0 Å². The molecule has 1 fully saturated rings. The lowest BCUT2D eigenvalue weighted by atomic mass is 9.79. The summed E-state index contributed by atoms with van der Waals surface area (Å²) in [4.78, 5) is 17.6. The van der Waals surface area contributed by atoms with Gasteiger partial charge in [-0.1, -0.05) is 13.3 Å². The molecule has 1 aromatic rings. The zero-order valence-electron chi connectivity index (χ0n) is 11.7. The van der Waals surface area contributed by atoms with E-state index in [0.29, 0.717) is 12.3 Å². The summed E-state index contributed by atoms with van der Waals surface area (Å²) in [7, 11) is 1.79. The summed E-state index contributed by atoms with van der Waals surface area (Å²) < 4.78 is 5.88. The molecule has 1 heterocycles. The summed E-state index contributed by atoms with van der Waals surface area (Å²) in [5, 5.41) is 1.04. The average molecular weight is 279 g/mol. The zero-order valence-corrected chi connectivity index (χ0v) is 12.5. The number of carbonyl (C=O) groups excluding carboxylic acids is 1. The van der Waals surface area contributed by atoms with Crippen LogP contribution in [0.15, 0.2) is 0 Å². The molecule has 0 aliphatic heterocycles. The van der Waals surface area contributed by atoms with Crippen LogP contribution < -0.4 is 0 Å². The normalized spacial score (nSPS) is 31.3. The summed E-state index contributed by atoms with van der Waals surface area (Å²) in [6.07, 6.45) is 7.12. The van der Waals surface area contributed by atoms with Crippen LogP contribution >= 0.6 is 11.3 Å². The van der Waals surface area contributed by atoms with E-state index in [1.165, 1.54) is 12.8 Å². The van der Waals surface area contributed by atoms with E-state index >= 15 is 0 Å². The first-order valence-electron chi connectivity index (χ1n) is 7.23. The molecule has 0 amide bonds. The Morgan fingerprint density at radius 2 is 2.21 bits per heavy atom. The molecule has 1 saturated carbocycles. The van der Waals surface area contributed by atoms with Gasteiger partial charge in [0.2, 0.25) is 0 Å². The average Bonchev–Trinajstić information content (AvgIpc) is 2.84. The third-order valence-electron chi connectivity index (χ3n) is 4.50. The minimum atomic E-state index is -0.236. The Morgan fingerprint density at radius 3 is 2.89 bits per heavy atom. The number of hydrogen-bond donors (Lipinski definition) is 0. The highest BCUT2D eigenvalue weighted by atomic mass is 32.1. The van der Waals surface area contributed by atoms with E-state index in [2.05, 4.69) is 6.92 Å². The SMILES string of the molecule is COC1(c2nc3c(s2)C(=O)CCC3)CCCC(C)C1. The van der Waals surface area contributed by atoms with Gasteiger partial charge in [-0.05, 0) is 38.0 Å². The lowest BCUT2D eigenvalue weighted by Crippen LogP contribution is -2.34. The highest BCUT2D eigenvalue weighted by molar-refractivity contribution is 7.14. The number of hydrogen-bond acceptors (Lipinski definition) is 4. The Kier molecular flexibility index (Phi) is 3.48. The molecule has 2 unspecified atom stereocenters. The van der Waals surface area contributed by atoms with Gasteiger partial charge in [-0.15, -0.1) is 11.3 Å². The molecule has 0 saturated heterocycles. The summed E-state index contributed by atoms with van der Waals surface area (Å²) >= 11 is 1.59. The standard InChI is InChI=1S/C15H21NO2S/c1-10-5-4-8-15(9-10,18-2)14-16-11-6-3-7-12(17)13(11)19-14/h10H,3-9H2,1-2H3. The van der Waals surface area contributed by atoms with Crippen LogP contribution in [-0.2, 0) is 16.8 Å². The summed E-state index contributed by atoms with van der Waals surface area (Å²) in [6, 6.07) is 0. The number of aromatic nitrogens is 1. The fourth-order valence-electron chi connectivity index (χ4n) is 3.43. The number of thiazole rings is 1. The maximum Gasteiger partial charge on any atom is 0.174 e. The lowest BCUT2D eigenvalue weighted by molar-refractivity contribution is -0.0581. The monoisotopic (exact) mass is 279 g/mol. The maximum absolute atomic E-state index is 12.0. The number of nitrogens with zero attached hydrogens (tertiary/aromatic N) is 1. The van der Waals surface area contributed by atoms with Crippen molar-refractivity contribution in [2.75, 3.05) is 7.11 Å². The molecule has 104 valence electrons. The van der Waals surface area contributed by atoms with Crippen LogP contribution in [-0.4, -0.2) is 17.9 Å². The predicted molar refractivity (Wildman–Crippen MR) is 75.7 cm³/mol. The number of fused-ring (bicyclic) bond motifs is 1. The van der Waals surface area contributed by atoms with E-state index < -0.39 is 0 Å². The Labute approximate surface area is 118 Å². The summed E-state index contributed by atoms with van der Waals surface area (Å²) in [6.45, 7) is 2.28. The number of carbonyl (C=O) groups is 1. The molecule has 2 atom stereocenters. The summed E-state index contributed by atoms with van der Waals surface area (Å²) in [5.41, 5.74) is 0.783. The quantitative estimate of drug-likeness (QED) is 0.828. The predicted octanol–water partition coefficient (Wildman–Crippen LogP) is 3.71. The molecule has 3 nitrogen and oxygen atoms in total. The zero-order chi connectivity index (χ0) is 13.5. The van der Waals surface area contributed by atoms with Crippen molar-refractivity contribution in [2.45, 2.75) is 57.5 Å². The molecule has 0 aromatic carbocycles. The third-order valence-corrected chi connectivity index (χ3v) is 5.83. The van der Waals surface area contributed by atoms with Crippen LogP contribution in [0.5, 0.6) is 0 Å². The molecule has 0 spiro atoms. The van der Waals surface area contributed by atoms with Gasteiger partial charge in [-0.2, -0.15) is 0 Å². The second-order valence-electron chi connectivity index (χ2n) is 5.97. The van der Waals surface area contributed by atoms with Crippen molar-refractivity contribution in [1.82, 2.24) is 4.98 Å². The molecule has 1 aromatic heterocycles. The van der Waals surface area contributed by atoms with Crippen LogP contribution in [0.1, 0.15) is 65.8 Å². The smallest absolute Gasteiger partial charge is 0.174 e. The molecular weight excluding hydrogens is 258 g/mol. The Balaban J connectivity index is 1.98. The van der Waals surface area contributed by atoms with E-state index in [-0.39, 0.29) is 11.4 Å². The first-order valence-corrected chi connectivity index (χ1v) is 8.05. The number of ether oxygens (including phenoxy) is 1. The van der Waals surface area contributed by atoms with Crippen molar-refractivity contribution in [1.29, 1.82) is 0 Å². The fourth-order valence-corrected chi connectivity index (χ4v) is 4.72. The highest BCUT2D eigenvalue weighted by Crippen LogP contribution is 2.45. The van der Waals surface area contributed by atoms with Crippen LogP contribution in [0.25, 0.3) is 0 Å². The van der Waals surface area contributed by atoms with Crippen molar-refractivity contribution in [3.63, 3.8) is 0 Å². The van der Waals surface area contributed by atoms with Gasteiger partial charge in [-0.25, -0.2) is 4.98 Å². The number of Topliss-reactive ketones (excluding diaryl/α,β-unsaturated/α-hetero) is 1. The van der Waals surface area contributed by atoms with Gasteiger partial charge in [0.1, 0.15) is 10.6 Å². The Bertz CT molecular complexity index is 496. The molecule has 19 heavy (non-hydrogen) atoms. The van der Waals surface area contributed by atoms with E-state index in [4.69, 9.17) is 9.72 Å². The van der Waals surface area contributed by atoms with Gasteiger partial charge in [0.05, 0.1) is 10.6 Å². The lowest BCUT2D eigenvalue weighted by Gasteiger charge is -2.37. The number of aryl methyl sites for hydroxylation is 1. The van der Waals surface area contributed by atoms with Crippen molar-refractivity contribution in [3.8, 4) is 0 Å². The van der Waals surface area contributed by atoms with Crippen molar-refractivity contribution in [2.24, 2.45) is 5.92 Å². The minimum Gasteiger partial charge on any atom is -0.371 e. The van der Waals surface area contributed by atoms with Gasteiger partial charge >= 0.3 is 0 Å². The first kappa shape index (κ1) is 13.3.